The summed E-state index contributed by atoms with van der Waals surface area (Å²) in [5.74, 6) is 0.653. The van der Waals surface area contributed by atoms with Crippen LogP contribution in [0.1, 0.15) is 17.5 Å². The molecule has 3 aromatic carbocycles. The molecule has 0 fully saturated rings. The second-order valence-corrected chi connectivity index (χ2v) is 7.35. The van der Waals surface area contributed by atoms with Crippen molar-refractivity contribution >= 4 is 18.3 Å². The number of hydrogen-bond acceptors (Lipinski definition) is 5. The van der Waals surface area contributed by atoms with Gasteiger partial charge in [0.2, 0.25) is 17.7 Å². The van der Waals surface area contributed by atoms with Crippen LogP contribution in [0.2, 0.25) is 0 Å². The molecular formula is C25H25ClN4O2. The molecule has 0 atom stereocenters. The van der Waals surface area contributed by atoms with Crippen LogP contribution in [0.3, 0.4) is 0 Å². The Bertz CT molecular complexity index is 1190. The van der Waals surface area contributed by atoms with Crippen molar-refractivity contribution in [1.82, 2.24) is 15.5 Å². The Morgan fingerprint density at radius 2 is 1.59 bits per heavy atom. The molecule has 0 bridgehead atoms. The van der Waals surface area contributed by atoms with Crippen molar-refractivity contribution < 1.29 is 9.21 Å². The largest absolute Gasteiger partial charge is 0.416 e. The van der Waals surface area contributed by atoms with Crippen LogP contribution in [-0.2, 0) is 11.3 Å². The maximum Gasteiger partial charge on any atom is 0.248 e. The lowest BCUT2D eigenvalue weighted by atomic mass is 9.96. The van der Waals surface area contributed by atoms with E-state index in [1.807, 2.05) is 54.6 Å². The maximum absolute atomic E-state index is 10.8. The van der Waals surface area contributed by atoms with E-state index < -0.39 is 0 Å². The van der Waals surface area contributed by atoms with Crippen molar-refractivity contribution in [2.45, 2.75) is 19.9 Å². The minimum atomic E-state index is -0.314. The van der Waals surface area contributed by atoms with Crippen molar-refractivity contribution in [2.24, 2.45) is 5.73 Å². The number of nitrogens with zero attached hydrogens (tertiary/aromatic N) is 2. The van der Waals surface area contributed by atoms with Crippen LogP contribution in [0, 0.1) is 6.92 Å². The van der Waals surface area contributed by atoms with Crippen LogP contribution in [0.15, 0.2) is 77.2 Å². The molecule has 1 heterocycles. The summed E-state index contributed by atoms with van der Waals surface area (Å²) in [4.78, 5) is 10.8. The summed E-state index contributed by atoms with van der Waals surface area (Å²) in [6, 6.07) is 24.3. The number of carbonyl (C=O) groups is 1. The third kappa shape index (κ3) is 5.41. The molecule has 0 radical (unpaired) electrons. The number of nitrogens with two attached hydrogens (primary N) is 1. The van der Waals surface area contributed by atoms with Gasteiger partial charge in [0.15, 0.2) is 0 Å². The minimum absolute atomic E-state index is 0. The summed E-state index contributed by atoms with van der Waals surface area (Å²) in [5, 5.41) is 11.8. The molecule has 0 saturated heterocycles. The molecule has 7 heteroatoms. The number of benzene rings is 3. The van der Waals surface area contributed by atoms with Crippen molar-refractivity contribution in [3.8, 4) is 34.0 Å². The van der Waals surface area contributed by atoms with E-state index in [9.17, 15) is 4.79 Å². The Balaban J connectivity index is 0.00000289. The van der Waals surface area contributed by atoms with Gasteiger partial charge in [-0.05, 0) is 47.4 Å². The van der Waals surface area contributed by atoms with Gasteiger partial charge in [0, 0.05) is 30.6 Å². The van der Waals surface area contributed by atoms with Crippen molar-refractivity contribution in [1.29, 1.82) is 0 Å². The summed E-state index contributed by atoms with van der Waals surface area (Å²) in [6.07, 6.45) is 0.314. The first kappa shape index (κ1) is 23.2. The predicted molar refractivity (Wildman–Crippen MR) is 128 cm³/mol. The highest BCUT2D eigenvalue weighted by molar-refractivity contribution is 5.85. The summed E-state index contributed by atoms with van der Waals surface area (Å²) < 4.78 is 6.04. The Kier molecular flexibility index (Phi) is 7.76. The molecule has 1 aromatic heterocycles. The quantitative estimate of drug-likeness (QED) is 0.379. The van der Waals surface area contributed by atoms with Gasteiger partial charge in [-0.2, -0.15) is 0 Å². The van der Waals surface area contributed by atoms with Gasteiger partial charge in [-0.15, -0.1) is 22.6 Å². The smallest absolute Gasteiger partial charge is 0.248 e. The molecule has 164 valence electrons. The van der Waals surface area contributed by atoms with E-state index in [1.165, 1.54) is 0 Å². The molecule has 0 saturated carbocycles. The lowest BCUT2D eigenvalue weighted by Gasteiger charge is -2.09. The van der Waals surface area contributed by atoms with E-state index >= 15 is 0 Å². The van der Waals surface area contributed by atoms with Crippen molar-refractivity contribution in [2.75, 3.05) is 6.54 Å². The highest BCUT2D eigenvalue weighted by atomic mass is 35.5. The van der Waals surface area contributed by atoms with Crippen molar-refractivity contribution in [3.63, 3.8) is 0 Å². The zero-order chi connectivity index (χ0) is 21.6. The number of carbonyl (C=O) groups excluding carboxylic acids is 1. The van der Waals surface area contributed by atoms with Crippen LogP contribution in [-0.4, -0.2) is 22.6 Å². The van der Waals surface area contributed by atoms with E-state index in [0.717, 1.165) is 33.4 Å². The Hall–Kier alpha value is -3.48. The lowest BCUT2D eigenvalue weighted by molar-refractivity contribution is -0.117. The minimum Gasteiger partial charge on any atom is -0.416 e. The van der Waals surface area contributed by atoms with E-state index in [2.05, 4.69) is 40.6 Å². The number of primary amides is 1. The van der Waals surface area contributed by atoms with E-state index in [0.29, 0.717) is 31.3 Å². The number of rotatable bonds is 8. The van der Waals surface area contributed by atoms with E-state index in [4.69, 9.17) is 10.2 Å². The third-order valence-corrected chi connectivity index (χ3v) is 5.13. The van der Waals surface area contributed by atoms with Crippen LogP contribution in [0.5, 0.6) is 0 Å². The zero-order valence-electron chi connectivity index (χ0n) is 17.7. The molecule has 4 aromatic rings. The molecule has 4 rings (SSSR count). The van der Waals surface area contributed by atoms with Crippen LogP contribution >= 0.6 is 12.4 Å². The van der Waals surface area contributed by atoms with Gasteiger partial charge in [-0.25, -0.2) is 0 Å². The highest BCUT2D eigenvalue weighted by Crippen LogP contribution is 2.32. The molecule has 32 heavy (non-hydrogen) atoms. The van der Waals surface area contributed by atoms with Gasteiger partial charge in [-0.1, -0.05) is 54.6 Å². The Morgan fingerprint density at radius 1 is 0.906 bits per heavy atom. The van der Waals surface area contributed by atoms with Crippen LogP contribution in [0.4, 0.5) is 0 Å². The standard InChI is InChI=1S/C25H24N4O2.ClH/c1-17-21(19-8-3-2-4-9-19)11-6-12-22(17)25-29-28-24(31-25)20-10-5-7-18(15-20)16-27-14-13-23(26)30;/h2-12,15,27H,13-14,16H2,1H3,(H2,26,30);1H. The molecule has 3 N–H and O–H groups in total. The molecule has 1 amide bonds. The summed E-state index contributed by atoms with van der Waals surface area (Å²) >= 11 is 0. The Morgan fingerprint density at radius 3 is 2.38 bits per heavy atom. The molecule has 0 aliphatic heterocycles. The average molecular weight is 449 g/mol. The monoisotopic (exact) mass is 448 g/mol. The molecular weight excluding hydrogens is 424 g/mol. The topological polar surface area (TPSA) is 94.0 Å². The first-order chi connectivity index (χ1) is 15.1. The Labute approximate surface area is 193 Å². The van der Waals surface area contributed by atoms with Crippen LogP contribution in [0.25, 0.3) is 34.0 Å². The second-order valence-electron chi connectivity index (χ2n) is 7.35. The molecule has 6 nitrogen and oxygen atoms in total. The lowest BCUT2D eigenvalue weighted by Crippen LogP contribution is -2.21. The number of aromatic nitrogens is 2. The first-order valence-electron chi connectivity index (χ1n) is 10.2. The summed E-state index contributed by atoms with van der Waals surface area (Å²) in [7, 11) is 0. The predicted octanol–water partition coefficient (Wildman–Crippen LogP) is 4.77. The summed E-state index contributed by atoms with van der Waals surface area (Å²) in [6.45, 7) is 3.24. The SMILES string of the molecule is Cc1c(-c2ccccc2)cccc1-c1nnc(-c2cccc(CNCCC(N)=O)c2)o1.Cl. The average Bonchev–Trinajstić information content (AvgIpc) is 3.28. The van der Waals surface area contributed by atoms with Crippen LogP contribution < -0.4 is 11.1 Å². The van der Waals surface area contributed by atoms with Gasteiger partial charge in [0.25, 0.3) is 0 Å². The molecule has 0 aliphatic rings. The summed E-state index contributed by atoms with van der Waals surface area (Å²) in [5.41, 5.74) is 11.4. The normalized spacial score (nSPS) is 10.5. The van der Waals surface area contributed by atoms with E-state index in [-0.39, 0.29) is 18.3 Å². The highest BCUT2D eigenvalue weighted by Gasteiger charge is 2.15. The fourth-order valence-corrected chi connectivity index (χ4v) is 3.51. The van der Waals surface area contributed by atoms with Crippen molar-refractivity contribution in [3.05, 3.63) is 83.9 Å². The molecule has 0 spiro atoms. The van der Waals surface area contributed by atoms with Gasteiger partial charge in [0.05, 0.1) is 0 Å². The molecule has 0 unspecified atom stereocenters. The number of hydrogen-bond donors (Lipinski definition) is 2. The van der Waals surface area contributed by atoms with Gasteiger partial charge >= 0.3 is 0 Å². The maximum atomic E-state index is 10.8. The fourth-order valence-electron chi connectivity index (χ4n) is 3.51. The second kappa shape index (κ2) is 10.7. The number of amides is 1. The number of nitrogens with one attached hydrogen (secondary N) is 1. The first-order valence-corrected chi connectivity index (χ1v) is 10.2. The third-order valence-electron chi connectivity index (χ3n) is 5.13. The number of halogens is 1. The zero-order valence-corrected chi connectivity index (χ0v) is 18.6. The van der Waals surface area contributed by atoms with Gasteiger partial charge < -0.3 is 15.5 Å². The fraction of sp³-hybridized carbons (Fsp3) is 0.160. The van der Waals surface area contributed by atoms with Gasteiger partial charge in [-0.3, -0.25) is 4.79 Å². The van der Waals surface area contributed by atoms with E-state index in [1.54, 1.807) is 0 Å². The molecule has 0 aliphatic carbocycles. The van der Waals surface area contributed by atoms with Gasteiger partial charge in [0.1, 0.15) is 0 Å².